The first-order valence-electron chi connectivity index (χ1n) is 8.51. The maximum absolute atomic E-state index is 12.6. The van der Waals surface area contributed by atoms with Crippen LogP contribution in [0, 0.1) is 5.92 Å². The number of carbonyl (C=O) groups excluding carboxylic acids is 1. The molecule has 3 rings (SSSR count). The van der Waals surface area contributed by atoms with E-state index >= 15 is 0 Å². The van der Waals surface area contributed by atoms with E-state index in [1.165, 1.54) is 44.1 Å². The Bertz CT molecular complexity index is 490. The largest absolute Gasteiger partial charge is 0.383 e. The van der Waals surface area contributed by atoms with Gasteiger partial charge >= 0.3 is 0 Å². The van der Waals surface area contributed by atoms with Crippen LogP contribution in [0.4, 0.5) is 11.4 Å². The van der Waals surface area contributed by atoms with Gasteiger partial charge in [0.2, 0.25) is 5.91 Å². The van der Waals surface area contributed by atoms with Gasteiger partial charge in [-0.05, 0) is 37.3 Å². The van der Waals surface area contributed by atoms with Crippen LogP contribution in [-0.4, -0.2) is 12.5 Å². The molecule has 1 aromatic rings. The minimum atomic E-state index is 0.199. The summed E-state index contributed by atoms with van der Waals surface area (Å²) in [7, 11) is 0. The van der Waals surface area contributed by atoms with Gasteiger partial charge in [-0.1, -0.05) is 44.2 Å². The molecule has 1 amide bonds. The van der Waals surface area contributed by atoms with E-state index in [0.29, 0.717) is 0 Å². The first-order chi connectivity index (χ1) is 10.3. The molecule has 0 atom stereocenters. The van der Waals surface area contributed by atoms with Crippen LogP contribution in [0.2, 0.25) is 0 Å². The van der Waals surface area contributed by atoms with Gasteiger partial charge in [-0.3, -0.25) is 4.79 Å². The van der Waals surface area contributed by atoms with Crippen molar-refractivity contribution in [3.63, 3.8) is 0 Å². The van der Waals surface area contributed by atoms with E-state index in [1.807, 2.05) is 6.07 Å². The second kappa shape index (κ2) is 6.97. The molecule has 0 saturated heterocycles. The molecule has 114 valence electrons. The Hall–Kier alpha value is -1.51. The maximum Gasteiger partial charge on any atom is 0.227 e. The standard InChI is InChI=1S/C18H26N2O/c21-18(15-8-4-2-1-3-5-9-15)20-16-12-6-10-14-11-7-13-19-17(14)16/h6,10,12,15,19H,1-5,7-9,11,13H2,(H,20,21). The van der Waals surface area contributed by atoms with E-state index in [0.717, 1.165) is 37.2 Å². The van der Waals surface area contributed by atoms with Crippen molar-refractivity contribution in [2.45, 2.75) is 57.8 Å². The minimum Gasteiger partial charge on any atom is -0.383 e. The van der Waals surface area contributed by atoms with Gasteiger partial charge in [0, 0.05) is 12.5 Å². The molecule has 3 heteroatoms. The number of benzene rings is 1. The van der Waals surface area contributed by atoms with E-state index in [4.69, 9.17) is 0 Å². The summed E-state index contributed by atoms with van der Waals surface area (Å²) >= 11 is 0. The number of nitrogens with one attached hydrogen (secondary N) is 2. The third-order valence-corrected chi connectivity index (χ3v) is 4.81. The monoisotopic (exact) mass is 286 g/mol. The molecule has 0 bridgehead atoms. The second-order valence-electron chi connectivity index (χ2n) is 6.40. The van der Waals surface area contributed by atoms with Crippen LogP contribution in [0.3, 0.4) is 0 Å². The first kappa shape index (κ1) is 14.4. The van der Waals surface area contributed by atoms with Crippen LogP contribution in [0.25, 0.3) is 0 Å². The number of amides is 1. The summed E-state index contributed by atoms with van der Waals surface area (Å²) in [4.78, 5) is 12.6. The van der Waals surface area contributed by atoms with Gasteiger partial charge < -0.3 is 10.6 Å². The number of carbonyl (C=O) groups is 1. The Labute approximate surface area is 127 Å². The Kier molecular flexibility index (Phi) is 4.79. The average molecular weight is 286 g/mol. The normalized spacial score (nSPS) is 19.8. The van der Waals surface area contributed by atoms with Crippen LogP contribution in [0.1, 0.15) is 56.9 Å². The zero-order chi connectivity index (χ0) is 14.5. The van der Waals surface area contributed by atoms with Crippen LogP contribution >= 0.6 is 0 Å². The van der Waals surface area contributed by atoms with Gasteiger partial charge in [-0.25, -0.2) is 0 Å². The summed E-state index contributed by atoms with van der Waals surface area (Å²) < 4.78 is 0. The van der Waals surface area contributed by atoms with Gasteiger partial charge in [0.15, 0.2) is 0 Å². The van der Waals surface area contributed by atoms with E-state index < -0.39 is 0 Å². The lowest BCUT2D eigenvalue weighted by molar-refractivity contribution is -0.120. The van der Waals surface area contributed by atoms with Crippen LogP contribution in [-0.2, 0) is 11.2 Å². The van der Waals surface area contributed by atoms with E-state index in [9.17, 15) is 4.79 Å². The van der Waals surface area contributed by atoms with Gasteiger partial charge in [0.05, 0.1) is 11.4 Å². The molecule has 21 heavy (non-hydrogen) atoms. The molecular weight excluding hydrogens is 260 g/mol. The summed E-state index contributed by atoms with van der Waals surface area (Å²) in [5.74, 6) is 0.419. The molecule has 1 heterocycles. The van der Waals surface area contributed by atoms with Crippen LogP contribution < -0.4 is 10.6 Å². The quantitative estimate of drug-likeness (QED) is 0.849. The molecule has 1 aliphatic heterocycles. The molecule has 0 aromatic heterocycles. The highest BCUT2D eigenvalue weighted by molar-refractivity contribution is 5.96. The number of aryl methyl sites for hydroxylation is 1. The fraction of sp³-hybridized carbons (Fsp3) is 0.611. The van der Waals surface area contributed by atoms with Crippen molar-refractivity contribution in [1.29, 1.82) is 0 Å². The average Bonchev–Trinajstić information content (AvgIpc) is 2.47. The molecule has 0 spiro atoms. The number of fused-ring (bicyclic) bond motifs is 1. The lowest BCUT2D eigenvalue weighted by Gasteiger charge is -2.23. The number of rotatable bonds is 2. The van der Waals surface area contributed by atoms with Crippen molar-refractivity contribution in [2.24, 2.45) is 5.92 Å². The molecule has 2 N–H and O–H groups in total. The number of para-hydroxylation sites is 1. The highest BCUT2D eigenvalue weighted by Gasteiger charge is 2.21. The van der Waals surface area contributed by atoms with Gasteiger partial charge in [-0.2, -0.15) is 0 Å². The predicted molar refractivity (Wildman–Crippen MR) is 87.7 cm³/mol. The second-order valence-corrected chi connectivity index (χ2v) is 6.40. The Morgan fingerprint density at radius 1 is 1.05 bits per heavy atom. The van der Waals surface area contributed by atoms with Gasteiger partial charge in [0.25, 0.3) is 0 Å². The summed E-state index contributed by atoms with van der Waals surface area (Å²) in [5, 5.41) is 6.63. The Morgan fingerprint density at radius 3 is 2.62 bits per heavy atom. The molecule has 3 nitrogen and oxygen atoms in total. The minimum absolute atomic E-state index is 0.199. The lowest BCUT2D eigenvalue weighted by atomic mass is 9.90. The molecule has 2 aliphatic rings. The summed E-state index contributed by atoms with van der Waals surface area (Å²) in [6.07, 6.45) is 10.7. The van der Waals surface area contributed by atoms with Crippen molar-refractivity contribution in [3.8, 4) is 0 Å². The fourth-order valence-corrected chi connectivity index (χ4v) is 3.57. The lowest BCUT2D eigenvalue weighted by Crippen LogP contribution is -2.25. The molecule has 1 aromatic carbocycles. The molecule has 0 radical (unpaired) electrons. The molecule has 1 fully saturated rings. The summed E-state index contributed by atoms with van der Waals surface area (Å²) in [6, 6.07) is 6.24. The van der Waals surface area contributed by atoms with Crippen molar-refractivity contribution in [3.05, 3.63) is 23.8 Å². The van der Waals surface area contributed by atoms with Crippen molar-refractivity contribution in [1.82, 2.24) is 0 Å². The Balaban J connectivity index is 1.69. The van der Waals surface area contributed by atoms with E-state index in [2.05, 4.69) is 22.8 Å². The third-order valence-electron chi connectivity index (χ3n) is 4.81. The smallest absolute Gasteiger partial charge is 0.227 e. The number of hydrogen-bond donors (Lipinski definition) is 2. The van der Waals surface area contributed by atoms with Gasteiger partial charge in [-0.15, -0.1) is 0 Å². The zero-order valence-electron chi connectivity index (χ0n) is 12.8. The predicted octanol–water partition coefficient (Wildman–Crippen LogP) is 4.34. The highest BCUT2D eigenvalue weighted by atomic mass is 16.1. The van der Waals surface area contributed by atoms with Crippen molar-refractivity contribution in [2.75, 3.05) is 17.2 Å². The number of hydrogen-bond acceptors (Lipinski definition) is 2. The van der Waals surface area contributed by atoms with Crippen LogP contribution in [0.15, 0.2) is 18.2 Å². The first-order valence-corrected chi connectivity index (χ1v) is 8.51. The number of anilines is 2. The van der Waals surface area contributed by atoms with E-state index in [-0.39, 0.29) is 11.8 Å². The zero-order valence-corrected chi connectivity index (χ0v) is 12.8. The summed E-state index contributed by atoms with van der Waals surface area (Å²) in [5.41, 5.74) is 3.44. The maximum atomic E-state index is 12.6. The molecule has 1 saturated carbocycles. The van der Waals surface area contributed by atoms with Crippen LogP contribution in [0.5, 0.6) is 0 Å². The topological polar surface area (TPSA) is 41.1 Å². The van der Waals surface area contributed by atoms with Crippen molar-refractivity contribution < 1.29 is 4.79 Å². The Morgan fingerprint density at radius 2 is 1.81 bits per heavy atom. The molecule has 1 aliphatic carbocycles. The SMILES string of the molecule is O=C(Nc1cccc2c1NCCC2)C1CCCCCCC1. The fourth-order valence-electron chi connectivity index (χ4n) is 3.57. The van der Waals surface area contributed by atoms with Gasteiger partial charge in [0.1, 0.15) is 0 Å². The summed E-state index contributed by atoms with van der Waals surface area (Å²) in [6.45, 7) is 1.00. The van der Waals surface area contributed by atoms with Crippen molar-refractivity contribution >= 4 is 17.3 Å². The molecular formula is C18H26N2O. The molecule has 0 unspecified atom stereocenters. The third kappa shape index (κ3) is 3.58. The van der Waals surface area contributed by atoms with E-state index in [1.54, 1.807) is 0 Å². The highest BCUT2D eigenvalue weighted by Crippen LogP contribution is 2.31.